The lowest BCUT2D eigenvalue weighted by atomic mass is 10.1. The first-order chi connectivity index (χ1) is 11.3. The van der Waals surface area contributed by atoms with Crippen LogP contribution in [0.25, 0.3) is 11.3 Å². The van der Waals surface area contributed by atoms with Crippen LogP contribution in [-0.4, -0.2) is 17.0 Å². The van der Waals surface area contributed by atoms with Gasteiger partial charge in [0.1, 0.15) is 0 Å². The predicted octanol–water partition coefficient (Wildman–Crippen LogP) is 5.31. The van der Waals surface area contributed by atoms with Gasteiger partial charge in [0.25, 0.3) is 0 Å². The van der Waals surface area contributed by atoms with Gasteiger partial charge in [-0.1, -0.05) is 48.0 Å². The molecule has 0 saturated carbocycles. The Morgan fingerprint density at radius 1 is 1.13 bits per heavy atom. The summed E-state index contributed by atoms with van der Waals surface area (Å²) in [5.41, 5.74) is 6.35. The number of thioether (sulfide) groups is 1. The monoisotopic (exact) mass is 339 g/mol. The van der Waals surface area contributed by atoms with Gasteiger partial charge < -0.3 is 0 Å². The van der Waals surface area contributed by atoms with E-state index in [1.54, 1.807) is 23.1 Å². The summed E-state index contributed by atoms with van der Waals surface area (Å²) in [6, 6.07) is 18.7. The summed E-state index contributed by atoms with van der Waals surface area (Å²) in [4.78, 5) is 5.80. The van der Waals surface area contributed by atoms with Gasteiger partial charge in [0.15, 0.2) is 0 Å². The summed E-state index contributed by atoms with van der Waals surface area (Å²) >= 11 is 3.31. The number of aromatic nitrogens is 1. The maximum atomic E-state index is 4.55. The molecule has 0 aliphatic heterocycles. The summed E-state index contributed by atoms with van der Waals surface area (Å²) in [6.45, 7) is 2.08. The molecule has 0 aliphatic carbocycles. The number of anilines is 1. The standard InChI is InChI=1S/C18H17N3S2/c1-14-7-9-15(10-8-14)17-13-23-18(20-17)21-19-11-12-22-16-5-3-2-4-6-16/h2-11,13H,12H2,1H3,(H,20,21)/b19-11+. The lowest BCUT2D eigenvalue weighted by molar-refractivity contribution is 1.28. The Labute approximate surface area is 144 Å². The quantitative estimate of drug-likeness (QED) is 0.376. The van der Waals surface area contributed by atoms with E-state index in [9.17, 15) is 0 Å². The van der Waals surface area contributed by atoms with Gasteiger partial charge in [0.05, 0.1) is 5.69 Å². The van der Waals surface area contributed by atoms with Crippen LogP contribution in [0.4, 0.5) is 5.13 Å². The molecule has 3 nitrogen and oxygen atoms in total. The molecule has 1 aromatic heterocycles. The molecule has 3 aromatic rings. The van der Waals surface area contributed by atoms with Gasteiger partial charge in [-0.25, -0.2) is 4.98 Å². The minimum absolute atomic E-state index is 0.807. The minimum Gasteiger partial charge on any atom is -0.253 e. The Morgan fingerprint density at radius 3 is 2.70 bits per heavy atom. The van der Waals surface area contributed by atoms with Crippen LogP contribution in [0.2, 0.25) is 0 Å². The van der Waals surface area contributed by atoms with E-state index in [4.69, 9.17) is 0 Å². The molecule has 0 aliphatic rings. The second-order valence-corrected chi connectivity index (χ2v) is 6.90. The molecule has 5 heteroatoms. The Kier molecular flexibility index (Phi) is 5.45. The average Bonchev–Trinajstić information content (AvgIpc) is 3.05. The van der Waals surface area contributed by atoms with Crippen molar-refractivity contribution in [3.05, 3.63) is 65.5 Å². The van der Waals surface area contributed by atoms with Crippen molar-refractivity contribution in [3.63, 3.8) is 0 Å². The molecule has 1 N–H and O–H groups in total. The molecule has 0 saturated heterocycles. The van der Waals surface area contributed by atoms with E-state index in [1.165, 1.54) is 10.5 Å². The highest BCUT2D eigenvalue weighted by Gasteiger charge is 2.03. The number of thiazole rings is 1. The first-order valence-corrected chi connectivity index (χ1v) is 9.16. The third-order valence-electron chi connectivity index (χ3n) is 3.17. The lowest BCUT2D eigenvalue weighted by Crippen LogP contribution is -1.90. The fourth-order valence-electron chi connectivity index (χ4n) is 1.97. The van der Waals surface area contributed by atoms with E-state index in [0.717, 1.165) is 22.1 Å². The molecular weight excluding hydrogens is 322 g/mol. The summed E-state index contributed by atoms with van der Waals surface area (Å²) in [5, 5.41) is 7.08. The van der Waals surface area contributed by atoms with E-state index in [-0.39, 0.29) is 0 Å². The third kappa shape index (κ3) is 4.68. The van der Waals surface area contributed by atoms with Crippen molar-refractivity contribution in [2.45, 2.75) is 11.8 Å². The van der Waals surface area contributed by atoms with Crippen molar-refractivity contribution in [2.24, 2.45) is 5.10 Å². The van der Waals surface area contributed by atoms with Crippen molar-refractivity contribution in [3.8, 4) is 11.3 Å². The summed E-state index contributed by atoms with van der Waals surface area (Å²) < 4.78 is 0. The van der Waals surface area contributed by atoms with E-state index in [1.807, 2.05) is 29.8 Å². The first kappa shape index (κ1) is 15.8. The normalized spacial score (nSPS) is 11.0. The van der Waals surface area contributed by atoms with Crippen LogP contribution in [0.15, 0.2) is 70.0 Å². The van der Waals surface area contributed by atoms with Crippen LogP contribution in [0, 0.1) is 6.92 Å². The second-order valence-electron chi connectivity index (χ2n) is 4.95. The molecule has 0 fully saturated rings. The number of hydrogen-bond acceptors (Lipinski definition) is 5. The molecule has 0 radical (unpaired) electrons. The summed E-state index contributed by atoms with van der Waals surface area (Å²) in [7, 11) is 0. The van der Waals surface area contributed by atoms with Gasteiger partial charge >= 0.3 is 0 Å². The fraction of sp³-hybridized carbons (Fsp3) is 0.111. The van der Waals surface area contributed by atoms with Gasteiger partial charge in [-0.2, -0.15) is 5.10 Å². The van der Waals surface area contributed by atoms with Crippen molar-refractivity contribution in [2.75, 3.05) is 11.2 Å². The number of hydrogen-bond donors (Lipinski definition) is 1. The van der Waals surface area contributed by atoms with Crippen molar-refractivity contribution in [1.29, 1.82) is 0 Å². The molecule has 1 heterocycles. The van der Waals surface area contributed by atoms with E-state index < -0.39 is 0 Å². The van der Waals surface area contributed by atoms with E-state index in [0.29, 0.717) is 0 Å². The molecule has 0 spiro atoms. The maximum absolute atomic E-state index is 4.55. The number of benzene rings is 2. The molecule has 23 heavy (non-hydrogen) atoms. The lowest BCUT2D eigenvalue weighted by Gasteiger charge is -1.98. The predicted molar refractivity (Wildman–Crippen MR) is 102 cm³/mol. The van der Waals surface area contributed by atoms with E-state index in [2.05, 4.69) is 58.8 Å². The largest absolute Gasteiger partial charge is 0.253 e. The Hall–Kier alpha value is -2.11. The number of nitrogens with zero attached hydrogens (tertiary/aromatic N) is 2. The smallest absolute Gasteiger partial charge is 0.203 e. The zero-order chi connectivity index (χ0) is 15.9. The molecule has 0 bridgehead atoms. The second kappa shape index (κ2) is 7.94. The molecule has 0 unspecified atom stereocenters. The molecule has 116 valence electrons. The number of hydrazone groups is 1. The topological polar surface area (TPSA) is 37.3 Å². The van der Waals surface area contributed by atoms with Crippen LogP contribution >= 0.6 is 23.1 Å². The highest BCUT2D eigenvalue weighted by atomic mass is 32.2. The van der Waals surface area contributed by atoms with Crippen LogP contribution in [0.1, 0.15) is 5.56 Å². The average molecular weight is 339 g/mol. The molecule has 0 atom stereocenters. The van der Waals surface area contributed by atoms with Gasteiger partial charge in [-0.3, -0.25) is 5.43 Å². The Morgan fingerprint density at radius 2 is 1.91 bits per heavy atom. The summed E-state index contributed by atoms with van der Waals surface area (Å²) in [5.74, 6) is 0.827. The van der Waals surface area contributed by atoms with E-state index >= 15 is 0 Å². The van der Waals surface area contributed by atoms with Crippen LogP contribution in [-0.2, 0) is 0 Å². The zero-order valence-corrected chi connectivity index (χ0v) is 14.4. The summed E-state index contributed by atoms with van der Waals surface area (Å²) in [6.07, 6.45) is 1.87. The van der Waals surface area contributed by atoms with Gasteiger partial charge in [-0.15, -0.1) is 23.1 Å². The Bertz CT molecular complexity index is 764. The van der Waals surface area contributed by atoms with Crippen molar-refractivity contribution < 1.29 is 0 Å². The van der Waals surface area contributed by atoms with Crippen LogP contribution < -0.4 is 5.43 Å². The Balaban J connectivity index is 1.51. The van der Waals surface area contributed by atoms with Crippen molar-refractivity contribution in [1.82, 2.24) is 4.98 Å². The molecular formula is C18H17N3S2. The first-order valence-electron chi connectivity index (χ1n) is 7.29. The van der Waals surface area contributed by atoms with Crippen LogP contribution in [0.5, 0.6) is 0 Å². The van der Waals surface area contributed by atoms with Gasteiger partial charge in [0.2, 0.25) is 5.13 Å². The molecule has 3 rings (SSSR count). The van der Waals surface area contributed by atoms with Gasteiger partial charge in [0, 0.05) is 27.8 Å². The van der Waals surface area contributed by atoms with Crippen LogP contribution in [0.3, 0.4) is 0 Å². The number of rotatable bonds is 6. The van der Waals surface area contributed by atoms with Gasteiger partial charge in [-0.05, 0) is 19.1 Å². The van der Waals surface area contributed by atoms with Crippen molar-refractivity contribution >= 4 is 34.4 Å². The molecule has 2 aromatic carbocycles. The SMILES string of the molecule is Cc1ccc(-c2csc(N/N=C/CSc3ccccc3)n2)cc1. The fourth-order valence-corrected chi connectivity index (χ4v) is 3.33. The zero-order valence-electron chi connectivity index (χ0n) is 12.8. The maximum Gasteiger partial charge on any atom is 0.203 e. The molecule has 0 amide bonds. The third-order valence-corrected chi connectivity index (χ3v) is 4.84. The highest BCUT2D eigenvalue weighted by molar-refractivity contribution is 7.99. The number of nitrogens with one attached hydrogen (secondary N) is 1. The minimum atomic E-state index is 0.807. The highest BCUT2D eigenvalue weighted by Crippen LogP contribution is 2.25. The number of aryl methyl sites for hydroxylation is 1.